The van der Waals surface area contributed by atoms with Crippen LogP contribution in [-0.2, 0) is 22.3 Å². The maximum Gasteiger partial charge on any atom is 0.218 e. The largest absolute Gasteiger partial charge is 0.218 e. The molecule has 0 saturated heterocycles. The number of hydrogen-bond donors (Lipinski definition) is 0. The number of hydrogen-bond acceptors (Lipinski definition) is 3. The highest BCUT2D eigenvalue weighted by Crippen LogP contribution is 2.17. The van der Waals surface area contributed by atoms with Crippen LogP contribution in [-0.4, -0.2) is 19.3 Å². The van der Waals surface area contributed by atoms with Crippen LogP contribution in [0.15, 0.2) is 41.1 Å². The van der Waals surface area contributed by atoms with Gasteiger partial charge >= 0.3 is 0 Å². The Balaban J connectivity index is 2.17. The molecular weight excluding hydrogens is 309 g/mol. The summed E-state index contributed by atoms with van der Waals surface area (Å²) in [6, 6.07) is 7.67. The van der Waals surface area contributed by atoms with Crippen molar-refractivity contribution in [2.45, 2.75) is 25.6 Å². The molecule has 2 rings (SSSR count). The molecule has 0 atom stereocenters. The lowest BCUT2D eigenvalue weighted by Crippen LogP contribution is -2.32. The molecule has 0 saturated carbocycles. The minimum absolute atomic E-state index is 0.172. The highest BCUT2D eigenvalue weighted by molar-refractivity contribution is 7.88. The van der Waals surface area contributed by atoms with Gasteiger partial charge in [0.25, 0.3) is 0 Å². The van der Waals surface area contributed by atoms with Crippen molar-refractivity contribution in [3.63, 3.8) is 0 Å². The van der Waals surface area contributed by atoms with Crippen molar-refractivity contribution in [1.82, 2.24) is 4.31 Å². The van der Waals surface area contributed by atoms with E-state index in [4.69, 9.17) is 0 Å². The molecule has 0 fully saturated rings. The molecule has 0 amide bonds. The van der Waals surface area contributed by atoms with Crippen molar-refractivity contribution in [3.05, 3.63) is 58.0 Å². The Morgan fingerprint density at radius 3 is 2.67 bits per heavy atom. The van der Waals surface area contributed by atoms with E-state index in [9.17, 15) is 12.8 Å². The molecule has 0 unspecified atom stereocenters. The van der Waals surface area contributed by atoms with Gasteiger partial charge in [-0.3, -0.25) is 0 Å². The lowest BCUT2D eigenvalue weighted by atomic mass is 10.2. The van der Waals surface area contributed by atoms with Crippen molar-refractivity contribution in [3.8, 4) is 0 Å². The first kappa shape index (κ1) is 16.1. The summed E-state index contributed by atoms with van der Waals surface area (Å²) in [6.45, 7) is 2.78. The highest BCUT2D eigenvalue weighted by atomic mass is 32.2. The lowest BCUT2D eigenvalue weighted by Gasteiger charge is -2.21. The summed E-state index contributed by atoms with van der Waals surface area (Å²) in [5.41, 5.74) is 1.46. The van der Waals surface area contributed by atoms with Crippen LogP contribution in [0.2, 0.25) is 0 Å². The third-order valence-corrected chi connectivity index (χ3v) is 5.57. The molecule has 0 radical (unpaired) electrons. The summed E-state index contributed by atoms with van der Waals surface area (Å²) in [7, 11) is -3.46. The fourth-order valence-corrected chi connectivity index (χ4v) is 4.33. The molecule has 0 spiro atoms. The standard InChI is InChI=1S/C15H18FNO2S2/c1-2-7-17(10-14-6-8-20-11-14)21(18,19)12-13-4-3-5-15(16)9-13/h3-6,8-9,11H,2,7,10,12H2,1H3. The lowest BCUT2D eigenvalue weighted by molar-refractivity contribution is 0.405. The summed E-state index contributed by atoms with van der Waals surface area (Å²) in [6.07, 6.45) is 0.743. The Bertz CT molecular complexity index is 669. The smallest absolute Gasteiger partial charge is 0.212 e. The third kappa shape index (κ3) is 4.62. The fourth-order valence-electron chi connectivity index (χ4n) is 2.08. The van der Waals surface area contributed by atoms with E-state index in [2.05, 4.69) is 0 Å². The number of benzene rings is 1. The average Bonchev–Trinajstić information content (AvgIpc) is 2.90. The molecule has 0 bridgehead atoms. The first-order chi connectivity index (χ1) is 10.0. The maximum absolute atomic E-state index is 13.2. The van der Waals surface area contributed by atoms with E-state index in [1.165, 1.54) is 22.5 Å². The van der Waals surface area contributed by atoms with E-state index in [0.29, 0.717) is 18.7 Å². The molecule has 21 heavy (non-hydrogen) atoms. The van der Waals surface area contributed by atoms with Crippen LogP contribution in [0.25, 0.3) is 0 Å². The predicted octanol–water partition coefficient (Wildman–Crippen LogP) is 3.63. The molecule has 0 aliphatic carbocycles. The summed E-state index contributed by atoms with van der Waals surface area (Å²) in [4.78, 5) is 0. The Kier molecular flexibility index (Phi) is 5.50. The second-order valence-corrected chi connectivity index (χ2v) is 7.60. The van der Waals surface area contributed by atoms with Gasteiger partial charge in [0.15, 0.2) is 0 Å². The number of rotatable bonds is 7. The van der Waals surface area contributed by atoms with E-state index in [1.807, 2.05) is 23.8 Å². The average molecular weight is 327 g/mol. The quantitative estimate of drug-likeness (QED) is 0.779. The molecule has 1 heterocycles. The Morgan fingerprint density at radius 1 is 1.24 bits per heavy atom. The van der Waals surface area contributed by atoms with Crippen molar-refractivity contribution in [2.75, 3.05) is 6.54 Å². The third-order valence-electron chi connectivity index (χ3n) is 3.04. The zero-order valence-corrected chi connectivity index (χ0v) is 13.5. The summed E-state index contributed by atoms with van der Waals surface area (Å²) in [5.74, 6) is -0.586. The van der Waals surface area contributed by atoms with Crippen LogP contribution in [0, 0.1) is 5.82 Å². The minimum Gasteiger partial charge on any atom is -0.212 e. The van der Waals surface area contributed by atoms with Crippen LogP contribution in [0.1, 0.15) is 24.5 Å². The van der Waals surface area contributed by atoms with E-state index in [1.54, 1.807) is 17.4 Å². The van der Waals surface area contributed by atoms with Crippen molar-refractivity contribution in [1.29, 1.82) is 0 Å². The topological polar surface area (TPSA) is 37.4 Å². The van der Waals surface area contributed by atoms with Gasteiger partial charge in [0.2, 0.25) is 10.0 Å². The SMILES string of the molecule is CCCN(Cc1ccsc1)S(=O)(=O)Cc1cccc(F)c1. The van der Waals surface area contributed by atoms with Gasteiger partial charge in [-0.2, -0.15) is 15.6 Å². The molecular formula is C15H18FNO2S2. The molecule has 0 aliphatic heterocycles. The number of sulfonamides is 1. The molecule has 0 N–H and O–H groups in total. The van der Waals surface area contributed by atoms with Gasteiger partial charge in [0.05, 0.1) is 5.75 Å². The van der Waals surface area contributed by atoms with Gasteiger partial charge in [-0.25, -0.2) is 12.8 Å². The highest BCUT2D eigenvalue weighted by Gasteiger charge is 2.22. The van der Waals surface area contributed by atoms with E-state index < -0.39 is 15.8 Å². The Morgan fingerprint density at radius 2 is 2.05 bits per heavy atom. The predicted molar refractivity (Wildman–Crippen MR) is 84.0 cm³/mol. The molecule has 1 aromatic carbocycles. The fraction of sp³-hybridized carbons (Fsp3) is 0.333. The second kappa shape index (κ2) is 7.15. The normalized spacial score (nSPS) is 12.0. The zero-order chi connectivity index (χ0) is 15.3. The summed E-state index contributed by atoms with van der Waals surface area (Å²) < 4.78 is 39.7. The zero-order valence-electron chi connectivity index (χ0n) is 11.8. The van der Waals surface area contributed by atoms with Crippen LogP contribution < -0.4 is 0 Å². The van der Waals surface area contributed by atoms with Gasteiger partial charge in [0.1, 0.15) is 5.82 Å². The maximum atomic E-state index is 13.2. The molecule has 6 heteroatoms. The van der Waals surface area contributed by atoms with Gasteiger partial charge in [-0.05, 0) is 46.5 Å². The van der Waals surface area contributed by atoms with Crippen LogP contribution in [0.5, 0.6) is 0 Å². The van der Waals surface area contributed by atoms with Crippen molar-refractivity contribution < 1.29 is 12.8 Å². The molecule has 2 aromatic rings. The van der Waals surface area contributed by atoms with Gasteiger partial charge in [0, 0.05) is 13.1 Å². The molecule has 3 nitrogen and oxygen atoms in total. The number of thiophene rings is 1. The van der Waals surface area contributed by atoms with Crippen LogP contribution in [0.4, 0.5) is 4.39 Å². The number of halogens is 1. The van der Waals surface area contributed by atoms with Crippen molar-refractivity contribution >= 4 is 21.4 Å². The van der Waals surface area contributed by atoms with Gasteiger partial charge in [-0.1, -0.05) is 19.1 Å². The van der Waals surface area contributed by atoms with Gasteiger partial charge in [-0.15, -0.1) is 0 Å². The summed E-state index contributed by atoms with van der Waals surface area (Å²) in [5, 5.41) is 3.87. The van der Waals surface area contributed by atoms with E-state index in [-0.39, 0.29) is 5.75 Å². The first-order valence-corrected chi connectivity index (χ1v) is 9.30. The van der Waals surface area contributed by atoms with E-state index >= 15 is 0 Å². The first-order valence-electron chi connectivity index (χ1n) is 6.74. The minimum atomic E-state index is -3.46. The number of nitrogens with zero attached hydrogens (tertiary/aromatic N) is 1. The Labute approximate surface area is 129 Å². The molecule has 114 valence electrons. The summed E-state index contributed by atoms with van der Waals surface area (Å²) >= 11 is 1.55. The van der Waals surface area contributed by atoms with Crippen LogP contribution in [0.3, 0.4) is 0 Å². The molecule has 1 aromatic heterocycles. The van der Waals surface area contributed by atoms with Gasteiger partial charge < -0.3 is 0 Å². The second-order valence-electron chi connectivity index (χ2n) is 4.85. The molecule has 0 aliphatic rings. The Hall–Kier alpha value is -1.24. The van der Waals surface area contributed by atoms with Crippen molar-refractivity contribution in [2.24, 2.45) is 0 Å². The monoisotopic (exact) mass is 327 g/mol. The van der Waals surface area contributed by atoms with Crippen LogP contribution >= 0.6 is 11.3 Å². The van der Waals surface area contributed by atoms with E-state index in [0.717, 1.165) is 12.0 Å².